The number of carbonyl (C=O) groups is 1. The smallest absolute Gasteiger partial charge is 0.276 e. The molecule has 0 spiro atoms. The monoisotopic (exact) mass is 229 g/mol. The molecule has 0 aliphatic rings. The molecule has 0 radical (unpaired) electrons. The van der Waals surface area contributed by atoms with Crippen molar-refractivity contribution in [1.82, 2.24) is 10.2 Å². The average Bonchev–Trinajstić information content (AvgIpc) is 2.70. The second kappa shape index (κ2) is 4.41. The molecular weight excluding hydrogens is 214 g/mol. The second-order valence-electron chi connectivity index (χ2n) is 4.16. The Morgan fingerprint density at radius 2 is 1.88 bits per heavy atom. The highest BCUT2D eigenvalue weighted by Crippen LogP contribution is 2.20. The third-order valence-corrected chi connectivity index (χ3v) is 2.66. The van der Waals surface area contributed by atoms with Crippen molar-refractivity contribution in [3.63, 3.8) is 0 Å². The molecule has 2 aromatic rings. The van der Waals surface area contributed by atoms with E-state index in [4.69, 9.17) is 0 Å². The molecule has 1 aromatic carbocycles. The highest BCUT2D eigenvalue weighted by Gasteiger charge is 2.11. The maximum absolute atomic E-state index is 11.9. The molecule has 2 N–H and O–H groups in total. The van der Waals surface area contributed by atoms with Crippen LogP contribution in [0.3, 0.4) is 0 Å². The lowest BCUT2D eigenvalue weighted by Gasteiger charge is -2.09. The zero-order valence-electron chi connectivity index (χ0n) is 10.2. The van der Waals surface area contributed by atoms with Crippen molar-refractivity contribution in [3.8, 4) is 0 Å². The van der Waals surface area contributed by atoms with Crippen LogP contribution in [0.4, 0.5) is 5.69 Å². The Labute approximate surface area is 100 Å². The minimum atomic E-state index is -0.188. The molecule has 0 unspecified atom stereocenters. The van der Waals surface area contributed by atoms with Gasteiger partial charge in [-0.1, -0.05) is 18.2 Å². The normalized spacial score (nSPS) is 10.3. The fraction of sp³-hybridized carbons (Fsp3) is 0.231. The summed E-state index contributed by atoms with van der Waals surface area (Å²) in [5, 5.41) is 9.57. The first-order valence-electron chi connectivity index (χ1n) is 5.47. The highest BCUT2D eigenvalue weighted by atomic mass is 16.1. The zero-order valence-corrected chi connectivity index (χ0v) is 10.2. The molecule has 17 heavy (non-hydrogen) atoms. The van der Waals surface area contributed by atoms with Gasteiger partial charge in [0.15, 0.2) is 5.69 Å². The molecule has 0 atom stereocenters. The molecule has 2 rings (SSSR count). The van der Waals surface area contributed by atoms with E-state index in [0.29, 0.717) is 5.69 Å². The van der Waals surface area contributed by atoms with E-state index in [1.807, 2.05) is 39.0 Å². The highest BCUT2D eigenvalue weighted by molar-refractivity contribution is 6.03. The van der Waals surface area contributed by atoms with Gasteiger partial charge in [-0.2, -0.15) is 5.10 Å². The predicted molar refractivity (Wildman–Crippen MR) is 67.2 cm³/mol. The molecule has 0 bridgehead atoms. The van der Waals surface area contributed by atoms with Crippen molar-refractivity contribution in [2.75, 3.05) is 5.32 Å². The zero-order chi connectivity index (χ0) is 12.4. The number of nitrogens with one attached hydrogen (secondary N) is 2. The van der Waals surface area contributed by atoms with E-state index in [1.54, 1.807) is 6.07 Å². The summed E-state index contributed by atoms with van der Waals surface area (Å²) in [4.78, 5) is 11.9. The Bertz CT molecular complexity index is 537. The maximum Gasteiger partial charge on any atom is 0.276 e. The van der Waals surface area contributed by atoms with Gasteiger partial charge in [-0.3, -0.25) is 9.89 Å². The number of aromatic amines is 1. The molecule has 1 heterocycles. The molecule has 0 saturated carbocycles. The van der Waals surface area contributed by atoms with Gasteiger partial charge in [0.25, 0.3) is 5.91 Å². The number of rotatable bonds is 2. The number of carbonyl (C=O) groups excluding carboxylic acids is 1. The van der Waals surface area contributed by atoms with Crippen LogP contribution in [0.5, 0.6) is 0 Å². The Balaban J connectivity index is 2.24. The van der Waals surface area contributed by atoms with E-state index in [2.05, 4.69) is 15.5 Å². The van der Waals surface area contributed by atoms with Crippen molar-refractivity contribution in [2.24, 2.45) is 0 Å². The number of benzene rings is 1. The van der Waals surface area contributed by atoms with Gasteiger partial charge in [-0.25, -0.2) is 0 Å². The van der Waals surface area contributed by atoms with Crippen LogP contribution in [0.2, 0.25) is 0 Å². The van der Waals surface area contributed by atoms with Crippen LogP contribution in [-0.4, -0.2) is 16.1 Å². The van der Waals surface area contributed by atoms with Crippen molar-refractivity contribution in [1.29, 1.82) is 0 Å². The van der Waals surface area contributed by atoms with Crippen molar-refractivity contribution in [2.45, 2.75) is 20.8 Å². The Kier molecular flexibility index (Phi) is 2.95. The van der Waals surface area contributed by atoms with E-state index in [0.717, 1.165) is 22.5 Å². The molecular formula is C13H15N3O. The lowest BCUT2D eigenvalue weighted by molar-refractivity contribution is 0.102. The molecule has 0 aliphatic carbocycles. The average molecular weight is 229 g/mol. The topological polar surface area (TPSA) is 57.8 Å². The summed E-state index contributed by atoms with van der Waals surface area (Å²) in [6.07, 6.45) is 0. The molecule has 0 fully saturated rings. The van der Waals surface area contributed by atoms with Gasteiger partial charge in [0.05, 0.1) is 0 Å². The van der Waals surface area contributed by atoms with E-state index in [1.165, 1.54) is 0 Å². The lowest BCUT2D eigenvalue weighted by Crippen LogP contribution is -2.14. The van der Waals surface area contributed by atoms with Gasteiger partial charge in [-0.05, 0) is 38.0 Å². The molecule has 0 saturated heterocycles. The fourth-order valence-corrected chi connectivity index (χ4v) is 1.72. The minimum absolute atomic E-state index is 0.188. The summed E-state index contributed by atoms with van der Waals surface area (Å²) in [5.74, 6) is -0.188. The van der Waals surface area contributed by atoms with Gasteiger partial charge in [0.2, 0.25) is 0 Å². The first kappa shape index (κ1) is 11.4. The quantitative estimate of drug-likeness (QED) is 0.831. The molecule has 0 aliphatic heterocycles. The van der Waals surface area contributed by atoms with Gasteiger partial charge in [0.1, 0.15) is 0 Å². The van der Waals surface area contributed by atoms with Crippen LogP contribution in [0.1, 0.15) is 27.3 Å². The van der Waals surface area contributed by atoms with E-state index >= 15 is 0 Å². The standard InChI is InChI=1S/C13H15N3O/c1-8-5-4-6-9(2)12(8)14-13(17)11-7-10(3)15-16-11/h4-7H,1-3H3,(H,14,17)(H,15,16). The Morgan fingerprint density at radius 1 is 1.24 bits per heavy atom. The first-order valence-corrected chi connectivity index (χ1v) is 5.47. The van der Waals surface area contributed by atoms with E-state index < -0.39 is 0 Å². The molecule has 4 heteroatoms. The van der Waals surface area contributed by atoms with Crippen LogP contribution in [0, 0.1) is 20.8 Å². The van der Waals surface area contributed by atoms with Gasteiger partial charge in [0, 0.05) is 11.4 Å². The number of hydrogen-bond donors (Lipinski definition) is 2. The molecule has 1 aromatic heterocycles. The molecule has 88 valence electrons. The number of H-pyrrole nitrogens is 1. The number of amides is 1. The fourth-order valence-electron chi connectivity index (χ4n) is 1.72. The predicted octanol–water partition coefficient (Wildman–Crippen LogP) is 2.59. The Morgan fingerprint density at radius 3 is 2.41 bits per heavy atom. The van der Waals surface area contributed by atoms with Crippen LogP contribution in [0.15, 0.2) is 24.3 Å². The van der Waals surface area contributed by atoms with Crippen molar-refractivity contribution >= 4 is 11.6 Å². The van der Waals surface area contributed by atoms with Crippen molar-refractivity contribution in [3.05, 3.63) is 46.8 Å². The number of nitrogens with zero attached hydrogens (tertiary/aromatic N) is 1. The summed E-state index contributed by atoms with van der Waals surface area (Å²) in [5.41, 5.74) is 4.23. The molecule has 1 amide bonds. The van der Waals surface area contributed by atoms with Crippen LogP contribution in [-0.2, 0) is 0 Å². The van der Waals surface area contributed by atoms with E-state index in [-0.39, 0.29) is 5.91 Å². The van der Waals surface area contributed by atoms with Crippen LogP contribution < -0.4 is 5.32 Å². The van der Waals surface area contributed by atoms with Crippen molar-refractivity contribution < 1.29 is 4.79 Å². The SMILES string of the molecule is Cc1cc(C(=O)Nc2c(C)cccc2C)n[nH]1. The number of hydrogen-bond acceptors (Lipinski definition) is 2. The number of aromatic nitrogens is 2. The first-order chi connectivity index (χ1) is 8.08. The van der Waals surface area contributed by atoms with Gasteiger partial charge >= 0.3 is 0 Å². The third kappa shape index (κ3) is 2.36. The number of aryl methyl sites for hydroxylation is 3. The second-order valence-corrected chi connectivity index (χ2v) is 4.16. The minimum Gasteiger partial charge on any atom is -0.320 e. The van der Waals surface area contributed by atoms with E-state index in [9.17, 15) is 4.79 Å². The third-order valence-electron chi connectivity index (χ3n) is 2.66. The maximum atomic E-state index is 11.9. The Hall–Kier alpha value is -2.10. The van der Waals surface area contributed by atoms with Crippen LogP contribution in [0.25, 0.3) is 0 Å². The van der Waals surface area contributed by atoms with Crippen LogP contribution >= 0.6 is 0 Å². The molecule has 4 nitrogen and oxygen atoms in total. The number of para-hydroxylation sites is 1. The van der Waals surface area contributed by atoms with Gasteiger partial charge in [-0.15, -0.1) is 0 Å². The van der Waals surface area contributed by atoms with Gasteiger partial charge < -0.3 is 5.32 Å². The summed E-state index contributed by atoms with van der Waals surface area (Å²) in [6.45, 7) is 5.81. The lowest BCUT2D eigenvalue weighted by atomic mass is 10.1. The summed E-state index contributed by atoms with van der Waals surface area (Å²) in [7, 11) is 0. The summed E-state index contributed by atoms with van der Waals surface area (Å²) >= 11 is 0. The number of anilines is 1. The summed E-state index contributed by atoms with van der Waals surface area (Å²) in [6, 6.07) is 7.64. The largest absolute Gasteiger partial charge is 0.320 e. The summed E-state index contributed by atoms with van der Waals surface area (Å²) < 4.78 is 0.